The van der Waals surface area contributed by atoms with Gasteiger partial charge in [0, 0.05) is 25.2 Å². The van der Waals surface area contributed by atoms with Gasteiger partial charge in [0.05, 0.1) is 10.5 Å². The second-order valence-electron chi connectivity index (χ2n) is 6.31. The van der Waals surface area contributed by atoms with Crippen molar-refractivity contribution >= 4 is 22.4 Å². The summed E-state index contributed by atoms with van der Waals surface area (Å²) in [6.07, 6.45) is -1.11. The summed E-state index contributed by atoms with van der Waals surface area (Å²) in [5, 5.41) is 3.43. The van der Waals surface area contributed by atoms with Crippen molar-refractivity contribution < 1.29 is 21.6 Å². The molecule has 0 aromatic heterocycles. The van der Waals surface area contributed by atoms with Gasteiger partial charge in [0.2, 0.25) is 10.0 Å². The predicted octanol–water partition coefficient (Wildman–Crippen LogP) is 3.03. The highest BCUT2D eigenvalue weighted by atomic mass is 35.5. The molecule has 2 atom stereocenters. The molecular formula is C15H20ClF3N2O2S. The van der Waals surface area contributed by atoms with E-state index in [0.29, 0.717) is 31.0 Å². The zero-order valence-electron chi connectivity index (χ0n) is 13.1. The molecule has 3 rings (SSSR count). The summed E-state index contributed by atoms with van der Waals surface area (Å²) in [6, 6.07) is 4.38. The number of fused-ring (bicyclic) bond motifs is 2. The molecule has 2 unspecified atom stereocenters. The number of benzene rings is 1. The van der Waals surface area contributed by atoms with Crippen LogP contribution in [0.3, 0.4) is 0 Å². The SMILES string of the molecule is CN(C1CC2CCC(C1)N2)S(=O)(=O)c1cccc(C(F)(F)F)c1.Cl. The van der Waals surface area contributed by atoms with Crippen molar-refractivity contribution in [2.24, 2.45) is 0 Å². The first kappa shape index (κ1) is 19.5. The van der Waals surface area contributed by atoms with Crippen LogP contribution < -0.4 is 5.32 Å². The van der Waals surface area contributed by atoms with E-state index in [-0.39, 0.29) is 23.3 Å². The van der Waals surface area contributed by atoms with Gasteiger partial charge in [-0.15, -0.1) is 12.4 Å². The Morgan fingerprint density at radius 1 is 1.17 bits per heavy atom. The predicted molar refractivity (Wildman–Crippen MR) is 86.6 cm³/mol. The maximum absolute atomic E-state index is 12.8. The molecule has 0 amide bonds. The van der Waals surface area contributed by atoms with Crippen molar-refractivity contribution in [3.05, 3.63) is 29.8 Å². The minimum Gasteiger partial charge on any atom is -0.311 e. The molecular weight excluding hydrogens is 365 g/mol. The molecule has 2 fully saturated rings. The molecule has 2 aliphatic rings. The third-order valence-electron chi connectivity index (χ3n) is 4.80. The van der Waals surface area contributed by atoms with E-state index in [1.807, 2.05) is 0 Å². The molecule has 1 aromatic rings. The van der Waals surface area contributed by atoms with Gasteiger partial charge in [0.25, 0.3) is 0 Å². The number of sulfonamides is 1. The average Bonchev–Trinajstić information content (AvgIpc) is 2.84. The van der Waals surface area contributed by atoms with Crippen LogP contribution in [0.5, 0.6) is 0 Å². The van der Waals surface area contributed by atoms with E-state index < -0.39 is 21.8 Å². The second-order valence-corrected chi connectivity index (χ2v) is 8.31. The van der Waals surface area contributed by atoms with Crippen LogP contribution in [0.4, 0.5) is 13.2 Å². The molecule has 24 heavy (non-hydrogen) atoms. The average molecular weight is 385 g/mol. The van der Waals surface area contributed by atoms with Crippen molar-refractivity contribution in [3.63, 3.8) is 0 Å². The molecule has 2 heterocycles. The van der Waals surface area contributed by atoms with Crippen LogP contribution in [-0.4, -0.2) is 37.9 Å². The van der Waals surface area contributed by atoms with E-state index >= 15 is 0 Å². The Morgan fingerprint density at radius 2 is 1.75 bits per heavy atom. The van der Waals surface area contributed by atoms with Crippen molar-refractivity contribution in [1.82, 2.24) is 9.62 Å². The fraction of sp³-hybridized carbons (Fsp3) is 0.600. The van der Waals surface area contributed by atoms with Crippen molar-refractivity contribution in [1.29, 1.82) is 0 Å². The topological polar surface area (TPSA) is 49.4 Å². The Bertz CT molecular complexity index is 684. The largest absolute Gasteiger partial charge is 0.416 e. The van der Waals surface area contributed by atoms with Gasteiger partial charge >= 0.3 is 6.18 Å². The van der Waals surface area contributed by atoms with E-state index in [1.54, 1.807) is 0 Å². The van der Waals surface area contributed by atoms with Crippen molar-refractivity contribution in [2.45, 2.75) is 54.9 Å². The molecule has 2 bridgehead atoms. The first-order valence-corrected chi connectivity index (χ1v) is 9.03. The van der Waals surface area contributed by atoms with Crippen LogP contribution in [0.15, 0.2) is 29.2 Å². The minimum absolute atomic E-state index is 0. The number of nitrogens with one attached hydrogen (secondary N) is 1. The highest BCUT2D eigenvalue weighted by molar-refractivity contribution is 7.89. The zero-order valence-corrected chi connectivity index (χ0v) is 14.7. The first-order valence-electron chi connectivity index (χ1n) is 7.59. The summed E-state index contributed by atoms with van der Waals surface area (Å²) < 4.78 is 65.0. The lowest BCUT2D eigenvalue weighted by atomic mass is 10.0. The van der Waals surface area contributed by atoms with Gasteiger partial charge in [0.15, 0.2) is 0 Å². The smallest absolute Gasteiger partial charge is 0.311 e. The number of rotatable bonds is 3. The Balaban J connectivity index is 0.00000208. The molecule has 0 aliphatic carbocycles. The van der Waals surface area contributed by atoms with Crippen LogP contribution in [-0.2, 0) is 16.2 Å². The molecule has 4 nitrogen and oxygen atoms in total. The van der Waals surface area contributed by atoms with Crippen molar-refractivity contribution in [3.8, 4) is 0 Å². The fourth-order valence-corrected chi connectivity index (χ4v) is 4.94. The first-order chi connectivity index (χ1) is 10.7. The minimum atomic E-state index is -4.56. The van der Waals surface area contributed by atoms with Gasteiger partial charge in [-0.2, -0.15) is 17.5 Å². The summed E-state index contributed by atoms with van der Waals surface area (Å²) in [4.78, 5) is -0.305. The molecule has 9 heteroatoms. The third-order valence-corrected chi connectivity index (χ3v) is 6.71. The molecule has 2 aliphatic heterocycles. The highest BCUT2D eigenvalue weighted by Gasteiger charge is 2.39. The second kappa shape index (κ2) is 6.82. The highest BCUT2D eigenvalue weighted by Crippen LogP contribution is 2.34. The number of piperidine rings is 1. The van der Waals surface area contributed by atoms with Crippen LogP contribution in [0.2, 0.25) is 0 Å². The van der Waals surface area contributed by atoms with E-state index in [1.165, 1.54) is 17.4 Å². The number of nitrogens with zero attached hydrogens (tertiary/aromatic N) is 1. The van der Waals surface area contributed by atoms with Crippen LogP contribution in [0.1, 0.15) is 31.2 Å². The van der Waals surface area contributed by atoms with Gasteiger partial charge in [0.1, 0.15) is 0 Å². The molecule has 0 spiro atoms. The fourth-order valence-electron chi connectivity index (χ4n) is 3.52. The van der Waals surface area contributed by atoms with Crippen LogP contribution in [0.25, 0.3) is 0 Å². The van der Waals surface area contributed by atoms with Gasteiger partial charge in [-0.05, 0) is 43.9 Å². The lowest BCUT2D eigenvalue weighted by molar-refractivity contribution is -0.137. The summed E-state index contributed by atoms with van der Waals surface area (Å²) in [5.41, 5.74) is -0.947. The molecule has 1 N–H and O–H groups in total. The number of alkyl halides is 3. The van der Waals surface area contributed by atoms with Gasteiger partial charge < -0.3 is 5.32 Å². The van der Waals surface area contributed by atoms with Crippen molar-refractivity contribution in [2.75, 3.05) is 7.05 Å². The van der Waals surface area contributed by atoms with E-state index in [2.05, 4.69) is 5.32 Å². The molecule has 0 radical (unpaired) electrons. The number of halogens is 4. The van der Waals surface area contributed by atoms with Crippen LogP contribution >= 0.6 is 12.4 Å². The maximum Gasteiger partial charge on any atom is 0.416 e. The Labute approximate surface area is 145 Å². The monoisotopic (exact) mass is 384 g/mol. The Hall–Kier alpha value is -0.830. The van der Waals surface area contributed by atoms with Gasteiger partial charge in [-0.1, -0.05) is 6.07 Å². The third kappa shape index (κ3) is 3.71. The normalized spacial score (nSPS) is 27.1. The summed E-state index contributed by atoms with van der Waals surface area (Å²) in [5.74, 6) is 0. The Morgan fingerprint density at radius 3 is 2.29 bits per heavy atom. The summed E-state index contributed by atoms with van der Waals surface area (Å²) in [7, 11) is -2.47. The number of hydrogen-bond donors (Lipinski definition) is 1. The molecule has 1 aromatic carbocycles. The van der Waals surface area contributed by atoms with E-state index in [4.69, 9.17) is 0 Å². The summed E-state index contributed by atoms with van der Waals surface area (Å²) >= 11 is 0. The molecule has 136 valence electrons. The lowest BCUT2D eigenvalue weighted by Crippen LogP contribution is -2.48. The Kier molecular flexibility index (Phi) is 5.54. The van der Waals surface area contributed by atoms with E-state index in [0.717, 1.165) is 25.0 Å². The van der Waals surface area contributed by atoms with E-state index in [9.17, 15) is 21.6 Å². The number of hydrogen-bond acceptors (Lipinski definition) is 3. The van der Waals surface area contributed by atoms with Crippen LogP contribution in [0, 0.1) is 0 Å². The quantitative estimate of drug-likeness (QED) is 0.871. The molecule has 0 saturated carbocycles. The zero-order chi connectivity index (χ0) is 16.8. The molecule has 2 saturated heterocycles. The van der Waals surface area contributed by atoms with Gasteiger partial charge in [-0.25, -0.2) is 8.42 Å². The van der Waals surface area contributed by atoms with Gasteiger partial charge in [-0.3, -0.25) is 0 Å². The lowest BCUT2D eigenvalue weighted by Gasteiger charge is -2.34. The maximum atomic E-state index is 12.8. The standard InChI is InChI=1S/C15H19F3N2O2S.ClH/c1-20(13-8-11-5-6-12(9-13)19-11)23(21,22)14-4-2-3-10(7-14)15(16,17)18;/h2-4,7,11-13,19H,5-6,8-9H2,1H3;1H. The summed E-state index contributed by atoms with van der Waals surface area (Å²) in [6.45, 7) is 0.